The second-order valence-electron chi connectivity index (χ2n) is 6.63. The molecule has 0 unspecified atom stereocenters. The Balaban J connectivity index is 2.53. The Morgan fingerprint density at radius 1 is 1.30 bits per heavy atom. The molecule has 2 N–H and O–H groups in total. The van der Waals surface area contributed by atoms with E-state index in [9.17, 15) is 20.3 Å². The molecule has 0 aromatic heterocycles. The summed E-state index contributed by atoms with van der Waals surface area (Å²) < 4.78 is 0. The molecule has 27 heavy (non-hydrogen) atoms. The Bertz CT molecular complexity index is 910. The molecule has 0 saturated heterocycles. The molecule has 1 atom stereocenters. The summed E-state index contributed by atoms with van der Waals surface area (Å²) in [6, 6.07) is 5.21. The van der Waals surface area contributed by atoms with Crippen LogP contribution in [0.5, 0.6) is 11.5 Å². The molecular weight excluding hydrogens is 368 g/mol. The quantitative estimate of drug-likeness (QED) is 0.363. The van der Waals surface area contributed by atoms with E-state index in [1.165, 1.54) is 13.1 Å². The maximum atomic E-state index is 11.3. The smallest absolute Gasteiger partial charge is 0.315 e. The number of halogens is 1. The van der Waals surface area contributed by atoms with Gasteiger partial charge in [-0.25, -0.2) is 0 Å². The number of nitro benzene ring substituents is 1. The van der Waals surface area contributed by atoms with E-state index in [2.05, 4.69) is 18.8 Å². The van der Waals surface area contributed by atoms with Gasteiger partial charge in [0, 0.05) is 17.3 Å². The number of nitrogens with zero attached hydrogens (tertiary/aromatic N) is 2. The highest BCUT2D eigenvalue weighted by atomic mass is 35.5. The van der Waals surface area contributed by atoms with E-state index >= 15 is 0 Å². The van der Waals surface area contributed by atoms with Crippen molar-refractivity contribution in [3.05, 3.63) is 55.6 Å². The first-order valence-electron chi connectivity index (χ1n) is 8.71. The van der Waals surface area contributed by atoms with Crippen molar-refractivity contribution in [1.82, 2.24) is 0 Å². The molecule has 7 heteroatoms. The fraction of sp³-hybridized carbons (Fsp3) is 0.350. The van der Waals surface area contributed by atoms with Crippen LogP contribution in [0.1, 0.15) is 54.9 Å². The number of rotatable bonds is 6. The molecular formula is C20H23ClN2O4. The van der Waals surface area contributed by atoms with Crippen LogP contribution in [0, 0.1) is 24.0 Å². The fourth-order valence-electron chi connectivity index (χ4n) is 3.05. The van der Waals surface area contributed by atoms with Crippen LogP contribution in [0.3, 0.4) is 0 Å². The lowest BCUT2D eigenvalue weighted by molar-refractivity contribution is -0.386. The number of nitro groups is 1. The standard InChI is InChI=1S/C20H23ClN2O4/c1-5-6-11(2)14-7-8-17(24)16(9-14)22-10-15-12(3)18(21)13(4)19(20(15)25)23(26)27/h7-11,24-25H,5-6H2,1-4H3/t11-/m1/s1. The SMILES string of the molecule is CCC[C@@H](C)c1ccc(O)c(N=Cc2c(C)c(Cl)c(C)c([N+](=O)[O-])c2O)c1. The molecule has 0 spiro atoms. The van der Waals surface area contributed by atoms with Crippen molar-refractivity contribution in [3.8, 4) is 11.5 Å². The summed E-state index contributed by atoms with van der Waals surface area (Å²) in [6.07, 6.45) is 3.35. The van der Waals surface area contributed by atoms with E-state index < -0.39 is 16.4 Å². The summed E-state index contributed by atoms with van der Waals surface area (Å²) in [4.78, 5) is 14.9. The van der Waals surface area contributed by atoms with Gasteiger partial charge in [-0.2, -0.15) is 0 Å². The highest BCUT2D eigenvalue weighted by Crippen LogP contribution is 2.40. The Morgan fingerprint density at radius 3 is 2.56 bits per heavy atom. The van der Waals surface area contributed by atoms with Crippen LogP contribution in [0.2, 0.25) is 5.02 Å². The molecule has 6 nitrogen and oxygen atoms in total. The van der Waals surface area contributed by atoms with Crippen molar-refractivity contribution in [1.29, 1.82) is 0 Å². The number of hydrogen-bond acceptors (Lipinski definition) is 5. The normalized spacial score (nSPS) is 12.5. The minimum Gasteiger partial charge on any atom is -0.506 e. The lowest BCUT2D eigenvalue weighted by atomic mass is 9.96. The molecule has 0 amide bonds. The van der Waals surface area contributed by atoms with Crippen LogP contribution in [0.15, 0.2) is 23.2 Å². The average Bonchev–Trinajstić information content (AvgIpc) is 2.61. The molecule has 0 heterocycles. The average molecular weight is 391 g/mol. The molecule has 0 fully saturated rings. The molecule has 0 bridgehead atoms. The van der Waals surface area contributed by atoms with Gasteiger partial charge in [0.05, 0.1) is 9.95 Å². The molecule has 2 aromatic carbocycles. The summed E-state index contributed by atoms with van der Waals surface area (Å²) in [5.41, 5.74) is 1.76. The summed E-state index contributed by atoms with van der Waals surface area (Å²) >= 11 is 6.19. The topological polar surface area (TPSA) is 96.0 Å². The molecule has 0 saturated carbocycles. The molecule has 2 aromatic rings. The number of aliphatic imine (C=N–C) groups is 1. The lowest BCUT2D eigenvalue weighted by Gasteiger charge is -2.12. The van der Waals surface area contributed by atoms with Gasteiger partial charge in [-0.15, -0.1) is 0 Å². The predicted molar refractivity (Wildman–Crippen MR) is 108 cm³/mol. The minimum absolute atomic E-state index is 0.0106. The van der Waals surface area contributed by atoms with Crippen LogP contribution < -0.4 is 0 Å². The number of aromatic hydroxyl groups is 2. The van der Waals surface area contributed by atoms with Crippen LogP contribution in [-0.2, 0) is 0 Å². The highest BCUT2D eigenvalue weighted by Gasteiger charge is 2.25. The third-order valence-electron chi connectivity index (χ3n) is 4.70. The van der Waals surface area contributed by atoms with Gasteiger partial charge in [0.25, 0.3) is 0 Å². The van der Waals surface area contributed by atoms with Crippen LogP contribution >= 0.6 is 11.6 Å². The van der Waals surface area contributed by atoms with E-state index in [-0.39, 0.29) is 21.9 Å². The first-order valence-corrected chi connectivity index (χ1v) is 9.09. The maximum absolute atomic E-state index is 11.3. The second kappa shape index (κ2) is 8.39. The van der Waals surface area contributed by atoms with E-state index in [1.807, 2.05) is 6.07 Å². The number of benzene rings is 2. The first-order chi connectivity index (χ1) is 12.7. The van der Waals surface area contributed by atoms with Gasteiger partial charge in [0.1, 0.15) is 11.4 Å². The zero-order valence-electron chi connectivity index (χ0n) is 15.8. The van der Waals surface area contributed by atoms with E-state index in [1.54, 1.807) is 19.1 Å². The Kier molecular flexibility index (Phi) is 6.44. The monoisotopic (exact) mass is 390 g/mol. The zero-order chi connectivity index (χ0) is 20.3. The van der Waals surface area contributed by atoms with Gasteiger partial charge in [0.15, 0.2) is 0 Å². The van der Waals surface area contributed by atoms with Crippen molar-refractivity contribution < 1.29 is 15.1 Å². The third-order valence-corrected chi connectivity index (χ3v) is 5.27. The van der Waals surface area contributed by atoms with Gasteiger partial charge in [-0.05, 0) is 49.4 Å². The Morgan fingerprint density at radius 2 is 1.96 bits per heavy atom. The third kappa shape index (κ3) is 4.22. The lowest BCUT2D eigenvalue weighted by Crippen LogP contribution is -2.00. The van der Waals surface area contributed by atoms with Gasteiger partial charge in [-0.3, -0.25) is 15.1 Å². The Hall–Kier alpha value is -2.60. The molecule has 0 aliphatic heterocycles. The summed E-state index contributed by atoms with van der Waals surface area (Å²) in [7, 11) is 0. The van der Waals surface area contributed by atoms with Crippen LogP contribution in [0.4, 0.5) is 11.4 Å². The molecule has 144 valence electrons. The van der Waals surface area contributed by atoms with E-state index in [0.717, 1.165) is 18.4 Å². The molecule has 0 radical (unpaired) electrons. The van der Waals surface area contributed by atoms with E-state index in [0.29, 0.717) is 17.2 Å². The summed E-state index contributed by atoms with van der Waals surface area (Å²) in [5, 5.41) is 31.9. The predicted octanol–water partition coefficient (Wildman–Crippen LogP) is 5.93. The van der Waals surface area contributed by atoms with Crippen LogP contribution in [0.25, 0.3) is 0 Å². The van der Waals surface area contributed by atoms with Crippen molar-refractivity contribution in [2.75, 3.05) is 0 Å². The summed E-state index contributed by atoms with van der Waals surface area (Å²) in [6.45, 7) is 7.34. The zero-order valence-corrected chi connectivity index (χ0v) is 16.5. The number of phenols is 2. The minimum atomic E-state index is -0.669. The van der Waals surface area contributed by atoms with Crippen molar-refractivity contribution in [3.63, 3.8) is 0 Å². The Labute approximate surface area is 163 Å². The number of hydrogen-bond donors (Lipinski definition) is 2. The highest BCUT2D eigenvalue weighted by molar-refractivity contribution is 6.33. The van der Waals surface area contributed by atoms with E-state index in [4.69, 9.17) is 11.6 Å². The summed E-state index contributed by atoms with van der Waals surface area (Å²) in [5.74, 6) is -0.184. The number of phenolic OH excluding ortho intramolecular Hbond substituents is 2. The molecule has 2 rings (SSSR count). The van der Waals surface area contributed by atoms with Gasteiger partial charge in [0.2, 0.25) is 5.75 Å². The van der Waals surface area contributed by atoms with Crippen LogP contribution in [-0.4, -0.2) is 21.4 Å². The second-order valence-corrected chi connectivity index (χ2v) is 7.01. The molecule has 0 aliphatic rings. The van der Waals surface area contributed by atoms with Gasteiger partial charge >= 0.3 is 5.69 Å². The molecule has 0 aliphatic carbocycles. The van der Waals surface area contributed by atoms with Crippen molar-refractivity contribution >= 4 is 29.2 Å². The maximum Gasteiger partial charge on any atom is 0.315 e. The first kappa shape index (κ1) is 20.7. The van der Waals surface area contributed by atoms with Gasteiger partial charge in [-0.1, -0.05) is 37.9 Å². The largest absolute Gasteiger partial charge is 0.506 e. The van der Waals surface area contributed by atoms with Gasteiger partial charge < -0.3 is 10.2 Å². The van der Waals surface area contributed by atoms with Crippen molar-refractivity contribution in [2.24, 2.45) is 4.99 Å². The fourth-order valence-corrected chi connectivity index (χ4v) is 3.24. The van der Waals surface area contributed by atoms with Crippen molar-refractivity contribution in [2.45, 2.75) is 46.5 Å².